The molecule has 1 unspecified atom stereocenters. The molecule has 2 N–H and O–H groups in total. The minimum absolute atomic E-state index is 0.254. The predicted molar refractivity (Wildman–Crippen MR) is 116 cm³/mol. The van der Waals surface area contributed by atoms with Crippen LogP contribution in [-0.4, -0.2) is 37.5 Å². The van der Waals surface area contributed by atoms with Gasteiger partial charge in [0, 0.05) is 18.7 Å². The van der Waals surface area contributed by atoms with E-state index in [9.17, 15) is 5.11 Å². The molecule has 1 aliphatic carbocycles. The molecule has 150 valence electrons. The van der Waals surface area contributed by atoms with Gasteiger partial charge in [0.15, 0.2) is 0 Å². The van der Waals surface area contributed by atoms with E-state index in [1.807, 2.05) is 43.3 Å². The maximum atomic E-state index is 10.3. The second-order valence-corrected chi connectivity index (χ2v) is 7.41. The molecule has 4 heteroatoms. The largest absolute Gasteiger partial charge is 0.492 e. The van der Waals surface area contributed by atoms with Gasteiger partial charge in [0.25, 0.3) is 0 Å². The molecule has 0 aliphatic heterocycles. The lowest BCUT2D eigenvalue weighted by Crippen LogP contribution is -2.33. The zero-order chi connectivity index (χ0) is 20.1. The summed E-state index contributed by atoms with van der Waals surface area (Å²) < 4.78 is 11.7. The Morgan fingerprint density at radius 2 is 1.66 bits per heavy atom. The Balaban J connectivity index is 1.24. The van der Waals surface area contributed by atoms with Gasteiger partial charge < -0.3 is 19.9 Å². The highest BCUT2D eigenvalue weighted by atomic mass is 16.5. The van der Waals surface area contributed by atoms with Crippen molar-refractivity contribution in [2.24, 2.45) is 0 Å². The van der Waals surface area contributed by atoms with Crippen LogP contribution >= 0.6 is 0 Å². The molecular weight excluding hydrogens is 362 g/mol. The molecule has 0 radical (unpaired) electrons. The Kier molecular flexibility index (Phi) is 6.13. The average molecular weight is 389 g/mol. The standard InChI is InChI=1S/C25H27NO3/c1-18-7-2-5-11-23(18)28-14-13-26-16-21(27)17-29-24-12-6-9-20-15-19-8-3-4-10-22(19)25(20)24/h2-12,21,26-27H,13-17H2,1H3. The lowest BCUT2D eigenvalue weighted by atomic mass is 10.1. The average Bonchev–Trinajstić information content (AvgIpc) is 3.12. The highest BCUT2D eigenvalue weighted by Gasteiger charge is 2.21. The van der Waals surface area contributed by atoms with Crippen molar-refractivity contribution in [2.75, 3.05) is 26.3 Å². The molecule has 1 atom stereocenters. The van der Waals surface area contributed by atoms with Crippen LogP contribution in [0.5, 0.6) is 11.5 Å². The fourth-order valence-electron chi connectivity index (χ4n) is 3.74. The van der Waals surface area contributed by atoms with E-state index in [1.54, 1.807) is 0 Å². The van der Waals surface area contributed by atoms with E-state index in [1.165, 1.54) is 16.7 Å². The van der Waals surface area contributed by atoms with Crippen LogP contribution in [0.3, 0.4) is 0 Å². The fourth-order valence-corrected chi connectivity index (χ4v) is 3.74. The Labute approximate surface area is 172 Å². The number of fused-ring (bicyclic) bond motifs is 3. The third-order valence-electron chi connectivity index (χ3n) is 5.22. The molecule has 0 saturated carbocycles. The molecule has 3 aromatic rings. The molecule has 0 amide bonds. The molecule has 0 fully saturated rings. The van der Waals surface area contributed by atoms with Crippen LogP contribution in [0.15, 0.2) is 66.7 Å². The molecule has 0 spiro atoms. The van der Waals surface area contributed by atoms with Gasteiger partial charge in [-0.1, -0.05) is 54.6 Å². The summed E-state index contributed by atoms with van der Waals surface area (Å²) in [6.07, 6.45) is 0.356. The fraction of sp³-hybridized carbons (Fsp3) is 0.280. The van der Waals surface area contributed by atoms with Gasteiger partial charge in [-0.25, -0.2) is 0 Å². The van der Waals surface area contributed by atoms with Gasteiger partial charge in [0.2, 0.25) is 0 Å². The number of hydrogen-bond donors (Lipinski definition) is 2. The number of ether oxygens (including phenoxy) is 2. The normalized spacial score (nSPS) is 12.9. The van der Waals surface area contributed by atoms with Crippen molar-refractivity contribution in [3.8, 4) is 22.6 Å². The van der Waals surface area contributed by atoms with Crippen LogP contribution in [0, 0.1) is 6.92 Å². The van der Waals surface area contributed by atoms with E-state index in [2.05, 4.69) is 35.6 Å². The lowest BCUT2D eigenvalue weighted by Gasteiger charge is -2.16. The Morgan fingerprint density at radius 3 is 2.55 bits per heavy atom. The van der Waals surface area contributed by atoms with E-state index in [0.717, 1.165) is 29.0 Å². The van der Waals surface area contributed by atoms with E-state index < -0.39 is 6.10 Å². The van der Waals surface area contributed by atoms with E-state index in [0.29, 0.717) is 19.7 Å². The van der Waals surface area contributed by atoms with Gasteiger partial charge >= 0.3 is 0 Å². The van der Waals surface area contributed by atoms with Crippen molar-refractivity contribution >= 4 is 0 Å². The number of aliphatic hydroxyl groups is 1. The van der Waals surface area contributed by atoms with Crippen LogP contribution in [-0.2, 0) is 6.42 Å². The summed E-state index contributed by atoms with van der Waals surface area (Å²) in [5, 5.41) is 13.5. The van der Waals surface area contributed by atoms with Crippen molar-refractivity contribution in [2.45, 2.75) is 19.4 Å². The number of rotatable bonds is 9. The molecule has 0 saturated heterocycles. The highest BCUT2D eigenvalue weighted by molar-refractivity contribution is 5.81. The molecule has 4 rings (SSSR count). The summed E-state index contributed by atoms with van der Waals surface area (Å²) in [7, 11) is 0. The van der Waals surface area contributed by atoms with Crippen molar-refractivity contribution in [3.63, 3.8) is 0 Å². The molecule has 0 bridgehead atoms. The number of aliphatic hydroxyl groups excluding tert-OH is 1. The van der Waals surface area contributed by atoms with Crippen LogP contribution in [0.25, 0.3) is 11.1 Å². The highest BCUT2D eigenvalue weighted by Crippen LogP contribution is 2.42. The molecular formula is C25H27NO3. The molecule has 0 aromatic heterocycles. The first-order valence-electron chi connectivity index (χ1n) is 10.1. The second-order valence-electron chi connectivity index (χ2n) is 7.41. The first-order chi connectivity index (χ1) is 14.2. The van der Waals surface area contributed by atoms with E-state index in [4.69, 9.17) is 9.47 Å². The summed E-state index contributed by atoms with van der Waals surface area (Å²) in [5.41, 5.74) is 6.13. The molecule has 29 heavy (non-hydrogen) atoms. The zero-order valence-electron chi connectivity index (χ0n) is 16.7. The van der Waals surface area contributed by atoms with Gasteiger partial charge in [-0.15, -0.1) is 0 Å². The predicted octanol–water partition coefficient (Wildman–Crippen LogP) is 3.97. The van der Waals surface area contributed by atoms with Crippen LogP contribution in [0.1, 0.15) is 16.7 Å². The third-order valence-corrected chi connectivity index (χ3v) is 5.22. The van der Waals surface area contributed by atoms with Crippen LogP contribution in [0.2, 0.25) is 0 Å². The summed E-state index contributed by atoms with van der Waals surface area (Å²) in [5.74, 6) is 1.74. The van der Waals surface area contributed by atoms with Crippen LogP contribution in [0.4, 0.5) is 0 Å². The first kappa shape index (κ1) is 19.5. The quantitative estimate of drug-likeness (QED) is 0.425. The monoisotopic (exact) mass is 389 g/mol. The maximum absolute atomic E-state index is 10.3. The van der Waals surface area contributed by atoms with Crippen molar-refractivity contribution in [1.82, 2.24) is 5.32 Å². The first-order valence-corrected chi connectivity index (χ1v) is 10.1. The number of hydrogen-bond acceptors (Lipinski definition) is 4. The number of nitrogens with one attached hydrogen (secondary N) is 1. The summed E-state index contributed by atoms with van der Waals surface area (Å²) in [6, 6.07) is 22.5. The van der Waals surface area contributed by atoms with Gasteiger partial charge in [-0.3, -0.25) is 0 Å². The summed E-state index contributed by atoms with van der Waals surface area (Å²) in [6.45, 7) is 3.97. The maximum Gasteiger partial charge on any atom is 0.127 e. The molecule has 1 aliphatic rings. The Morgan fingerprint density at radius 1 is 0.897 bits per heavy atom. The van der Waals surface area contributed by atoms with Gasteiger partial charge in [0.05, 0.1) is 0 Å². The Hall–Kier alpha value is -2.82. The Bertz CT molecular complexity index is 970. The summed E-state index contributed by atoms with van der Waals surface area (Å²) in [4.78, 5) is 0. The van der Waals surface area contributed by atoms with Gasteiger partial charge in [-0.05, 0) is 47.7 Å². The second kappa shape index (κ2) is 9.12. The van der Waals surface area contributed by atoms with Gasteiger partial charge in [0.1, 0.15) is 30.8 Å². The third kappa shape index (κ3) is 4.61. The number of para-hydroxylation sites is 1. The smallest absolute Gasteiger partial charge is 0.127 e. The van der Waals surface area contributed by atoms with Crippen LogP contribution < -0.4 is 14.8 Å². The topological polar surface area (TPSA) is 50.7 Å². The zero-order valence-corrected chi connectivity index (χ0v) is 16.7. The summed E-state index contributed by atoms with van der Waals surface area (Å²) >= 11 is 0. The van der Waals surface area contributed by atoms with Gasteiger partial charge in [-0.2, -0.15) is 0 Å². The minimum atomic E-state index is -0.582. The van der Waals surface area contributed by atoms with Crippen molar-refractivity contribution < 1.29 is 14.6 Å². The minimum Gasteiger partial charge on any atom is -0.492 e. The van der Waals surface area contributed by atoms with Crippen molar-refractivity contribution in [3.05, 3.63) is 83.4 Å². The SMILES string of the molecule is Cc1ccccc1OCCNCC(O)COc1cccc2c1-c1ccccc1C2. The van der Waals surface area contributed by atoms with Crippen molar-refractivity contribution in [1.29, 1.82) is 0 Å². The van der Waals surface area contributed by atoms with E-state index in [-0.39, 0.29) is 6.61 Å². The number of aryl methyl sites for hydroxylation is 1. The number of benzene rings is 3. The molecule has 0 heterocycles. The van der Waals surface area contributed by atoms with E-state index >= 15 is 0 Å². The molecule has 3 aromatic carbocycles. The lowest BCUT2D eigenvalue weighted by molar-refractivity contribution is 0.106. The molecule has 4 nitrogen and oxygen atoms in total.